The van der Waals surface area contributed by atoms with E-state index in [-0.39, 0.29) is 63.1 Å². The van der Waals surface area contributed by atoms with E-state index in [0.29, 0.717) is 23.4 Å². The first-order valence-electron chi connectivity index (χ1n) is 14.1. The fourth-order valence-electron chi connectivity index (χ4n) is 6.45. The lowest BCUT2D eigenvalue weighted by molar-refractivity contribution is -0.143. The number of carbonyl (C=O) groups is 2. The highest BCUT2D eigenvalue weighted by atomic mass is 19.4. The number of carbonyl (C=O) groups excluding carboxylic acids is 2. The molecule has 3 unspecified atom stereocenters. The maximum absolute atomic E-state index is 14.1. The van der Waals surface area contributed by atoms with Crippen molar-refractivity contribution in [2.24, 2.45) is 5.41 Å². The highest BCUT2D eigenvalue weighted by Crippen LogP contribution is 2.50. The first-order valence-corrected chi connectivity index (χ1v) is 14.1. The number of para-hydroxylation sites is 1. The number of hydrogen-bond donors (Lipinski definition) is 2. The molecule has 0 saturated carbocycles. The molecular weight excluding hydrogens is 596 g/mol. The summed E-state index contributed by atoms with van der Waals surface area (Å²) < 4.78 is 86.9. The number of nitrogens with zero attached hydrogens (tertiary/aromatic N) is 3. The predicted molar refractivity (Wildman–Crippen MR) is 146 cm³/mol. The largest absolute Gasteiger partial charge is 0.496 e. The Bertz CT molecular complexity index is 1330. The third kappa shape index (κ3) is 6.19. The van der Waals surface area contributed by atoms with Crippen molar-refractivity contribution in [1.82, 2.24) is 14.7 Å². The molecule has 4 rings (SSSR count). The van der Waals surface area contributed by atoms with Crippen LogP contribution in [0, 0.1) is 5.41 Å². The van der Waals surface area contributed by atoms with Crippen LogP contribution in [0.25, 0.3) is 0 Å². The van der Waals surface area contributed by atoms with Crippen LogP contribution in [-0.2, 0) is 17.1 Å². The minimum atomic E-state index is -5.05. The SMILES string of the molecule is COc1ccccc1C1C2CC(CCO)(CCO)C(=O)N2CCN1C(=O)N(C)C(C)c1cc(C(F)(F)F)cc(C(F)(F)F)c1. The van der Waals surface area contributed by atoms with E-state index in [0.717, 1.165) is 4.90 Å². The van der Waals surface area contributed by atoms with E-state index < -0.39 is 53.1 Å². The van der Waals surface area contributed by atoms with Crippen LogP contribution in [0.1, 0.15) is 60.5 Å². The van der Waals surface area contributed by atoms with E-state index in [1.165, 1.54) is 26.0 Å². The molecule has 0 spiro atoms. The molecule has 2 saturated heterocycles. The summed E-state index contributed by atoms with van der Waals surface area (Å²) >= 11 is 0. The molecule has 8 nitrogen and oxygen atoms in total. The summed E-state index contributed by atoms with van der Waals surface area (Å²) in [6.45, 7) is 0.848. The molecule has 3 atom stereocenters. The van der Waals surface area contributed by atoms with Crippen molar-refractivity contribution >= 4 is 11.9 Å². The third-order valence-electron chi connectivity index (χ3n) is 8.86. The maximum atomic E-state index is 14.1. The standard InChI is InChI=1S/C30H35F6N3O5/c1-18(19-14-20(29(31,32)33)16-21(15-19)30(34,35)36)37(2)27(43)39-11-10-38-23(17-28(8-12-40,9-13-41)26(38)42)25(39)22-6-4-5-7-24(22)44-3/h4-7,14-16,18,23,25,40-41H,8-13,17H2,1-3H3. The van der Waals surface area contributed by atoms with Crippen molar-refractivity contribution in [3.8, 4) is 5.75 Å². The van der Waals surface area contributed by atoms with Gasteiger partial charge in [0.2, 0.25) is 5.91 Å². The van der Waals surface area contributed by atoms with Crippen molar-refractivity contribution in [2.45, 2.75) is 56.7 Å². The van der Waals surface area contributed by atoms with Crippen molar-refractivity contribution < 1.29 is 50.9 Å². The number of benzene rings is 2. The molecule has 2 N–H and O–H groups in total. The molecule has 14 heteroatoms. The van der Waals surface area contributed by atoms with Crippen LogP contribution in [0.2, 0.25) is 0 Å². The predicted octanol–water partition coefficient (Wildman–Crippen LogP) is 5.25. The van der Waals surface area contributed by atoms with Crippen molar-refractivity contribution in [1.29, 1.82) is 0 Å². The van der Waals surface area contributed by atoms with Gasteiger partial charge in [-0.25, -0.2) is 4.79 Å². The summed E-state index contributed by atoms with van der Waals surface area (Å²) in [6, 6.07) is 4.80. The number of methoxy groups -OCH3 is 1. The van der Waals surface area contributed by atoms with Gasteiger partial charge in [-0.1, -0.05) is 18.2 Å². The number of aliphatic hydroxyl groups is 2. The van der Waals surface area contributed by atoms with Crippen LogP contribution in [0.4, 0.5) is 31.1 Å². The highest BCUT2D eigenvalue weighted by molar-refractivity contribution is 5.86. The Hall–Kier alpha value is -3.52. The molecule has 0 aromatic heterocycles. The lowest BCUT2D eigenvalue weighted by Gasteiger charge is -2.46. The van der Waals surface area contributed by atoms with Crippen molar-refractivity contribution in [3.63, 3.8) is 0 Å². The third-order valence-corrected chi connectivity index (χ3v) is 8.86. The summed E-state index contributed by atoms with van der Waals surface area (Å²) in [5.74, 6) is 0.151. The topological polar surface area (TPSA) is 93.5 Å². The molecule has 3 amide bonds. The van der Waals surface area contributed by atoms with Gasteiger partial charge in [0, 0.05) is 38.9 Å². The number of alkyl halides is 6. The zero-order valence-corrected chi connectivity index (χ0v) is 24.5. The van der Waals surface area contributed by atoms with Crippen LogP contribution >= 0.6 is 0 Å². The van der Waals surface area contributed by atoms with Gasteiger partial charge in [0.25, 0.3) is 0 Å². The number of amides is 3. The molecule has 2 aromatic rings. The van der Waals surface area contributed by atoms with Gasteiger partial charge in [-0.3, -0.25) is 4.79 Å². The van der Waals surface area contributed by atoms with Crippen molar-refractivity contribution in [3.05, 3.63) is 64.7 Å². The second-order valence-electron chi connectivity index (χ2n) is 11.3. The molecule has 2 aromatic carbocycles. The van der Waals surface area contributed by atoms with E-state index in [2.05, 4.69) is 0 Å². The van der Waals surface area contributed by atoms with Crippen LogP contribution < -0.4 is 4.74 Å². The number of halogens is 6. The summed E-state index contributed by atoms with van der Waals surface area (Å²) in [5.41, 5.74) is -3.84. The Balaban J connectivity index is 1.76. The van der Waals surface area contributed by atoms with Gasteiger partial charge >= 0.3 is 18.4 Å². The van der Waals surface area contributed by atoms with Crippen LogP contribution in [0.3, 0.4) is 0 Å². The van der Waals surface area contributed by atoms with Gasteiger partial charge in [0.05, 0.1) is 41.8 Å². The van der Waals surface area contributed by atoms with Gasteiger partial charge in [0.1, 0.15) is 5.75 Å². The monoisotopic (exact) mass is 631 g/mol. The fraction of sp³-hybridized carbons (Fsp3) is 0.533. The Morgan fingerprint density at radius 3 is 2.11 bits per heavy atom. The van der Waals surface area contributed by atoms with Crippen LogP contribution in [0.15, 0.2) is 42.5 Å². The Morgan fingerprint density at radius 1 is 1.02 bits per heavy atom. The second kappa shape index (κ2) is 12.5. The number of rotatable bonds is 8. The first-order chi connectivity index (χ1) is 20.6. The Kier molecular flexibility index (Phi) is 9.46. The molecule has 242 valence electrons. The zero-order valence-electron chi connectivity index (χ0n) is 24.5. The van der Waals surface area contributed by atoms with E-state index in [9.17, 15) is 46.1 Å². The molecule has 0 bridgehead atoms. The van der Waals surface area contributed by atoms with Gasteiger partial charge in [-0.05, 0) is 56.0 Å². The lowest BCUT2D eigenvalue weighted by Crippen LogP contribution is -2.57. The molecule has 2 fully saturated rings. The quantitative estimate of drug-likeness (QED) is 0.388. The zero-order chi connectivity index (χ0) is 32.6. The van der Waals surface area contributed by atoms with E-state index in [4.69, 9.17) is 4.74 Å². The second-order valence-corrected chi connectivity index (χ2v) is 11.3. The van der Waals surface area contributed by atoms with Gasteiger partial charge in [-0.2, -0.15) is 26.3 Å². The normalized spacial score (nSPS) is 20.8. The van der Waals surface area contributed by atoms with Crippen molar-refractivity contribution in [2.75, 3.05) is 40.5 Å². The van der Waals surface area contributed by atoms with Gasteiger partial charge in [-0.15, -0.1) is 0 Å². The van der Waals surface area contributed by atoms with Crippen LogP contribution in [0.5, 0.6) is 5.75 Å². The number of urea groups is 1. The Labute approximate surface area is 250 Å². The molecule has 2 aliphatic heterocycles. The summed E-state index contributed by atoms with van der Waals surface area (Å²) in [4.78, 5) is 32.0. The number of piperazine rings is 1. The fourth-order valence-corrected chi connectivity index (χ4v) is 6.45. The minimum absolute atomic E-state index is 0.00553. The smallest absolute Gasteiger partial charge is 0.416 e. The average Bonchev–Trinajstić information content (AvgIpc) is 3.25. The molecule has 0 radical (unpaired) electrons. The van der Waals surface area contributed by atoms with E-state index in [1.807, 2.05) is 0 Å². The van der Waals surface area contributed by atoms with Gasteiger partial charge < -0.3 is 29.6 Å². The molecule has 2 aliphatic rings. The first kappa shape index (κ1) is 33.4. The number of aliphatic hydroxyl groups excluding tert-OH is 2. The number of ether oxygens (including phenoxy) is 1. The van der Waals surface area contributed by atoms with Gasteiger partial charge in [0.15, 0.2) is 0 Å². The summed E-state index contributed by atoms with van der Waals surface area (Å²) in [6.07, 6.45) is -9.70. The summed E-state index contributed by atoms with van der Waals surface area (Å²) in [5, 5.41) is 19.5. The summed E-state index contributed by atoms with van der Waals surface area (Å²) in [7, 11) is 2.74. The highest BCUT2D eigenvalue weighted by Gasteiger charge is 2.56. The number of fused-ring (bicyclic) bond motifs is 1. The lowest BCUT2D eigenvalue weighted by atomic mass is 9.77. The Morgan fingerprint density at radius 2 is 1.59 bits per heavy atom. The van der Waals surface area contributed by atoms with E-state index in [1.54, 1.807) is 29.2 Å². The molecular formula is C30H35F6N3O5. The molecule has 0 aliphatic carbocycles. The van der Waals surface area contributed by atoms with E-state index >= 15 is 0 Å². The molecule has 2 heterocycles. The number of hydrogen-bond acceptors (Lipinski definition) is 5. The molecule has 44 heavy (non-hydrogen) atoms. The average molecular weight is 632 g/mol. The van der Waals surface area contributed by atoms with Crippen LogP contribution in [-0.4, -0.2) is 83.4 Å². The minimum Gasteiger partial charge on any atom is -0.496 e. The maximum Gasteiger partial charge on any atom is 0.416 e.